The van der Waals surface area contributed by atoms with Gasteiger partial charge in [-0.25, -0.2) is 4.79 Å². The molecule has 0 aliphatic carbocycles. The van der Waals surface area contributed by atoms with Crippen LogP contribution in [0.15, 0.2) is 28.8 Å². The van der Waals surface area contributed by atoms with E-state index in [-0.39, 0.29) is 6.03 Å². The van der Waals surface area contributed by atoms with E-state index in [0.717, 1.165) is 0 Å². The van der Waals surface area contributed by atoms with Gasteiger partial charge >= 0.3 is 6.03 Å². The first-order valence-electron chi connectivity index (χ1n) is 6.02. The molecule has 0 bridgehead atoms. The van der Waals surface area contributed by atoms with E-state index >= 15 is 0 Å². The lowest BCUT2D eigenvalue weighted by Crippen LogP contribution is -2.44. The first-order chi connectivity index (χ1) is 9.37. The molecule has 6 nitrogen and oxygen atoms in total. The number of urea groups is 1. The fourth-order valence-corrected chi connectivity index (χ4v) is 1.81. The predicted octanol–water partition coefficient (Wildman–Crippen LogP) is 3.09. The molecule has 0 unspecified atom stereocenters. The number of hydrogen-bond donors (Lipinski definition) is 2. The Morgan fingerprint density at radius 3 is 2.75 bits per heavy atom. The predicted molar refractivity (Wildman–Crippen MR) is 75.7 cm³/mol. The van der Waals surface area contributed by atoms with Gasteiger partial charge in [-0.15, -0.1) is 0 Å². The molecule has 1 aromatic heterocycles. The van der Waals surface area contributed by atoms with E-state index < -0.39 is 5.54 Å². The minimum atomic E-state index is -0.750. The Morgan fingerprint density at radius 1 is 1.40 bits per heavy atom. The van der Waals surface area contributed by atoms with Crippen molar-refractivity contribution < 1.29 is 9.32 Å². The van der Waals surface area contributed by atoms with Crippen LogP contribution >= 0.6 is 11.6 Å². The lowest BCUT2D eigenvalue weighted by Gasteiger charge is -2.22. The van der Waals surface area contributed by atoms with Crippen LogP contribution in [0.1, 0.15) is 25.6 Å². The summed E-state index contributed by atoms with van der Waals surface area (Å²) in [4.78, 5) is 16.1. The van der Waals surface area contributed by atoms with Crippen LogP contribution in [0.2, 0.25) is 5.02 Å². The van der Waals surface area contributed by atoms with E-state index in [1.165, 1.54) is 0 Å². The molecule has 0 aliphatic rings. The maximum Gasteiger partial charge on any atom is 0.320 e. The minimum absolute atomic E-state index is 0.375. The second kappa shape index (κ2) is 5.50. The molecule has 106 valence electrons. The van der Waals surface area contributed by atoms with Crippen LogP contribution in [0.4, 0.5) is 10.5 Å². The normalized spacial score (nSPS) is 11.2. The second-order valence-corrected chi connectivity index (χ2v) is 5.29. The van der Waals surface area contributed by atoms with Crippen molar-refractivity contribution in [3.8, 4) is 0 Å². The molecule has 0 atom stereocenters. The van der Waals surface area contributed by atoms with E-state index in [1.54, 1.807) is 45.0 Å². The average molecular weight is 295 g/mol. The summed E-state index contributed by atoms with van der Waals surface area (Å²) in [6, 6.07) is 6.52. The molecular weight excluding hydrogens is 280 g/mol. The highest BCUT2D eigenvalue weighted by Crippen LogP contribution is 2.18. The Balaban J connectivity index is 2.04. The summed E-state index contributed by atoms with van der Waals surface area (Å²) in [5, 5.41) is 9.83. The number of benzene rings is 1. The first-order valence-corrected chi connectivity index (χ1v) is 6.40. The van der Waals surface area contributed by atoms with Crippen molar-refractivity contribution in [2.24, 2.45) is 0 Å². The summed E-state index contributed by atoms with van der Waals surface area (Å²) in [5.41, 5.74) is -0.143. The number of aromatic nitrogens is 2. The van der Waals surface area contributed by atoms with Crippen LogP contribution in [-0.2, 0) is 5.54 Å². The third-order valence-electron chi connectivity index (χ3n) is 2.60. The summed E-state index contributed by atoms with van der Waals surface area (Å²) >= 11 is 5.86. The fourth-order valence-electron chi connectivity index (χ4n) is 1.62. The molecule has 2 rings (SSSR count). The summed E-state index contributed by atoms with van der Waals surface area (Å²) in [5.74, 6) is 0.862. The van der Waals surface area contributed by atoms with Gasteiger partial charge in [0, 0.05) is 17.6 Å². The standard InChI is InChI=1S/C13H15ClN4O2/c1-8-15-11(18-20-8)13(2,3)17-12(19)16-10-6-4-5-9(14)7-10/h4-7H,1-3H3,(H2,16,17,19). The van der Waals surface area contributed by atoms with Crippen molar-refractivity contribution in [1.82, 2.24) is 15.5 Å². The third-order valence-corrected chi connectivity index (χ3v) is 2.83. The van der Waals surface area contributed by atoms with E-state index in [9.17, 15) is 4.79 Å². The molecule has 7 heteroatoms. The summed E-state index contributed by atoms with van der Waals surface area (Å²) in [7, 11) is 0. The molecule has 0 fully saturated rings. The molecule has 1 aromatic carbocycles. The highest BCUT2D eigenvalue weighted by atomic mass is 35.5. The topological polar surface area (TPSA) is 80.0 Å². The van der Waals surface area contributed by atoms with Crippen LogP contribution < -0.4 is 10.6 Å². The van der Waals surface area contributed by atoms with Gasteiger partial charge in [0.25, 0.3) is 0 Å². The zero-order valence-electron chi connectivity index (χ0n) is 11.4. The molecule has 0 spiro atoms. The average Bonchev–Trinajstić information content (AvgIpc) is 2.75. The van der Waals surface area contributed by atoms with Gasteiger partial charge < -0.3 is 15.2 Å². The molecule has 0 radical (unpaired) electrons. The van der Waals surface area contributed by atoms with Gasteiger partial charge in [-0.3, -0.25) is 0 Å². The van der Waals surface area contributed by atoms with Gasteiger partial charge in [0.2, 0.25) is 5.89 Å². The van der Waals surface area contributed by atoms with Crippen molar-refractivity contribution in [1.29, 1.82) is 0 Å². The maximum absolute atomic E-state index is 12.0. The first kappa shape index (κ1) is 14.3. The number of hydrogen-bond acceptors (Lipinski definition) is 4. The molecule has 2 N–H and O–H groups in total. The van der Waals surface area contributed by atoms with Crippen molar-refractivity contribution in [3.63, 3.8) is 0 Å². The van der Waals surface area contributed by atoms with Crippen LogP contribution in [0.25, 0.3) is 0 Å². The van der Waals surface area contributed by atoms with Gasteiger partial charge in [0.05, 0.1) is 5.54 Å². The van der Waals surface area contributed by atoms with Crippen molar-refractivity contribution in [3.05, 3.63) is 41.0 Å². The SMILES string of the molecule is Cc1nc(C(C)(C)NC(=O)Nc2cccc(Cl)c2)no1. The molecule has 2 aromatic rings. The minimum Gasteiger partial charge on any atom is -0.340 e. The second-order valence-electron chi connectivity index (χ2n) is 4.85. The summed E-state index contributed by atoms with van der Waals surface area (Å²) in [6.45, 7) is 5.27. The molecule has 0 saturated heterocycles. The highest BCUT2D eigenvalue weighted by molar-refractivity contribution is 6.30. The highest BCUT2D eigenvalue weighted by Gasteiger charge is 2.28. The van der Waals surface area contributed by atoms with Gasteiger partial charge in [-0.2, -0.15) is 4.98 Å². The summed E-state index contributed by atoms with van der Waals surface area (Å²) < 4.78 is 4.92. The molecule has 0 saturated carbocycles. The molecule has 1 heterocycles. The van der Waals surface area contributed by atoms with Crippen molar-refractivity contribution in [2.75, 3.05) is 5.32 Å². The zero-order chi connectivity index (χ0) is 14.8. The molecular formula is C13H15ClN4O2. The Morgan fingerprint density at radius 2 is 2.15 bits per heavy atom. The smallest absolute Gasteiger partial charge is 0.320 e. The molecule has 0 aliphatic heterocycles. The number of nitrogens with one attached hydrogen (secondary N) is 2. The molecule has 2 amide bonds. The monoisotopic (exact) mass is 294 g/mol. The van der Waals surface area contributed by atoms with Crippen molar-refractivity contribution >= 4 is 23.3 Å². The lowest BCUT2D eigenvalue weighted by atomic mass is 10.1. The lowest BCUT2D eigenvalue weighted by molar-refractivity contribution is 0.239. The van der Waals surface area contributed by atoms with Gasteiger partial charge in [-0.1, -0.05) is 22.8 Å². The van der Waals surface area contributed by atoms with Crippen molar-refractivity contribution in [2.45, 2.75) is 26.3 Å². The number of amides is 2. The van der Waals surface area contributed by atoms with E-state index in [4.69, 9.17) is 16.1 Å². The van der Waals surface area contributed by atoms with Crippen LogP contribution in [-0.4, -0.2) is 16.2 Å². The summed E-state index contributed by atoms with van der Waals surface area (Å²) in [6.07, 6.45) is 0. The van der Waals surface area contributed by atoms with Crippen LogP contribution in [0, 0.1) is 6.92 Å². The van der Waals surface area contributed by atoms with Crippen LogP contribution in [0.3, 0.4) is 0 Å². The maximum atomic E-state index is 12.0. The van der Waals surface area contributed by atoms with E-state index in [1.807, 2.05) is 0 Å². The number of halogens is 1. The Labute approximate surface area is 121 Å². The Kier molecular flexibility index (Phi) is 3.94. The Bertz CT molecular complexity index is 624. The number of aryl methyl sites for hydroxylation is 1. The molecule has 20 heavy (non-hydrogen) atoms. The van der Waals surface area contributed by atoms with Crippen LogP contribution in [0.5, 0.6) is 0 Å². The van der Waals surface area contributed by atoms with E-state index in [2.05, 4.69) is 20.8 Å². The van der Waals surface area contributed by atoms with Gasteiger partial charge in [0.15, 0.2) is 5.82 Å². The Hall–Kier alpha value is -2.08. The van der Waals surface area contributed by atoms with Gasteiger partial charge in [-0.05, 0) is 32.0 Å². The number of carbonyl (C=O) groups is 1. The quantitative estimate of drug-likeness (QED) is 0.911. The number of nitrogens with zero attached hydrogens (tertiary/aromatic N) is 2. The van der Waals surface area contributed by atoms with Gasteiger partial charge in [0.1, 0.15) is 0 Å². The largest absolute Gasteiger partial charge is 0.340 e. The number of rotatable bonds is 3. The number of carbonyl (C=O) groups excluding carboxylic acids is 1. The third kappa shape index (κ3) is 3.48. The number of anilines is 1. The fraction of sp³-hybridized carbons (Fsp3) is 0.308. The zero-order valence-corrected chi connectivity index (χ0v) is 12.2. The van der Waals surface area contributed by atoms with E-state index in [0.29, 0.717) is 22.4 Å².